The molecule has 1 N–H and O–H groups in total. The molecule has 6 nitrogen and oxygen atoms in total. The van der Waals surface area contributed by atoms with Gasteiger partial charge in [-0.3, -0.25) is 19.7 Å². The number of rotatable bonds is 9. The van der Waals surface area contributed by atoms with Crippen LogP contribution in [0.3, 0.4) is 0 Å². The first-order valence-corrected chi connectivity index (χ1v) is 13.1. The first-order chi connectivity index (χ1) is 16.5. The third kappa shape index (κ3) is 5.70. The van der Waals surface area contributed by atoms with E-state index < -0.39 is 6.04 Å². The molecule has 1 aromatic carbocycles. The van der Waals surface area contributed by atoms with Crippen molar-refractivity contribution in [3.8, 4) is 0 Å². The van der Waals surface area contributed by atoms with Crippen molar-refractivity contribution in [3.05, 3.63) is 65.3 Å². The van der Waals surface area contributed by atoms with Crippen molar-refractivity contribution >= 4 is 29.5 Å². The molecule has 2 saturated heterocycles. The Morgan fingerprint density at radius 3 is 2.74 bits per heavy atom. The summed E-state index contributed by atoms with van der Waals surface area (Å²) in [7, 11) is 0. The predicted octanol–water partition coefficient (Wildman–Crippen LogP) is 4.08. The standard InChI is InChI=1S/C27H33N3O3S/c1-3-20(13-16-29-14-4-5-15-29)10-9-19(2)18-34-24-8-6-7-21-22(24)17-30(27(21)33)23-11-12-25(31)28-26(23)32/h3,6-10,23H,1,4-5,11-18H2,2H3,(H,28,31,32)/b19-9+,20-10+. The number of benzene rings is 1. The molecule has 1 aromatic rings. The summed E-state index contributed by atoms with van der Waals surface area (Å²) in [6.07, 6.45) is 10.6. The van der Waals surface area contributed by atoms with E-state index in [2.05, 4.69) is 35.9 Å². The maximum absolute atomic E-state index is 13.0. The molecule has 3 heterocycles. The van der Waals surface area contributed by atoms with Crippen LogP contribution >= 0.6 is 11.8 Å². The lowest BCUT2D eigenvalue weighted by atomic mass is 10.0. The van der Waals surface area contributed by atoms with Gasteiger partial charge in [-0.25, -0.2) is 0 Å². The van der Waals surface area contributed by atoms with Gasteiger partial charge in [0, 0.05) is 35.7 Å². The van der Waals surface area contributed by atoms with Gasteiger partial charge >= 0.3 is 0 Å². The first-order valence-electron chi connectivity index (χ1n) is 12.1. The number of amides is 3. The van der Waals surface area contributed by atoms with Crippen LogP contribution in [0.15, 0.2) is 59.0 Å². The van der Waals surface area contributed by atoms with Gasteiger partial charge in [-0.1, -0.05) is 36.4 Å². The third-order valence-corrected chi connectivity index (χ3v) is 8.05. The average molecular weight is 480 g/mol. The van der Waals surface area contributed by atoms with Crippen LogP contribution in [0.5, 0.6) is 0 Å². The molecule has 7 heteroatoms. The van der Waals surface area contributed by atoms with Gasteiger partial charge in [-0.05, 0) is 69.0 Å². The Morgan fingerprint density at radius 2 is 2.00 bits per heavy atom. The van der Waals surface area contributed by atoms with E-state index in [1.807, 2.05) is 24.3 Å². The van der Waals surface area contributed by atoms with Crippen molar-refractivity contribution in [1.29, 1.82) is 0 Å². The van der Waals surface area contributed by atoms with E-state index in [1.165, 1.54) is 37.1 Å². The highest BCUT2D eigenvalue weighted by Crippen LogP contribution is 2.35. The maximum atomic E-state index is 13.0. The molecule has 4 rings (SSSR count). The van der Waals surface area contributed by atoms with Gasteiger partial charge in [0.1, 0.15) is 6.04 Å². The van der Waals surface area contributed by atoms with E-state index in [0.717, 1.165) is 29.2 Å². The van der Waals surface area contributed by atoms with Crippen LogP contribution in [0.1, 0.15) is 54.9 Å². The van der Waals surface area contributed by atoms with E-state index in [1.54, 1.807) is 16.7 Å². The highest BCUT2D eigenvalue weighted by atomic mass is 32.2. The fourth-order valence-electron chi connectivity index (χ4n) is 4.73. The monoisotopic (exact) mass is 479 g/mol. The van der Waals surface area contributed by atoms with Gasteiger partial charge < -0.3 is 9.80 Å². The van der Waals surface area contributed by atoms with Gasteiger partial charge in [0.25, 0.3) is 5.91 Å². The number of carbonyl (C=O) groups is 3. The van der Waals surface area contributed by atoms with Gasteiger partial charge in [0.15, 0.2) is 0 Å². The van der Waals surface area contributed by atoms with Crippen molar-refractivity contribution in [2.45, 2.75) is 56.5 Å². The smallest absolute Gasteiger partial charge is 0.255 e. The molecule has 180 valence electrons. The number of fused-ring (bicyclic) bond motifs is 1. The number of imide groups is 1. The summed E-state index contributed by atoms with van der Waals surface area (Å²) in [5, 5.41) is 2.36. The molecule has 0 aromatic heterocycles. The number of thioether (sulfide) groups is 1. The Labute approximate surface area is 206 Å². The Balaban J connectivity index is 1.37. The summed E-state index contributed by atoms with van der Waals surface area (Å²) in [6.45, 7) is 10.0. The molecule has 3 aliphatic rings. The number of nitrogens with one attached hydrogen (secondary N) is 1. The van der Waals surface area contributed by atoms with Gasteiger partial charge in [0.05, 0.1) is 0 Å². The third-order valence-electron chi connectivity index (χ3n) is 6.75. The lowest BCUT2D eigenvalue weighted by molar-refractivity contribution is -0.136. The molecule has 1 unspecified atom stereocenters. The SMILES string of the molecule is C=C/C(=C\C=C(/C)CSc1cccc2c1CN(C1CCC(=O)NC1=O)C2=O)CCN1CCCC1. The Hall–Kier alpha value is -2.64. The fraction of sp³-hybridized carbons (Fsp3) is 0.444. The summed E-state index contributed by atoms with van der Waals surface area (Å²) >= 11 is 1.71. The van der Waals surface area contributed by atoms with Crippen molar-refractivity contribution < 1.29 is 14.4 Å². The van der Waals surface area contributed by atoms with Crippen LogP contribution in [0.2, 0.25) is 0 Å². The Morgan fingerprint density at radius 1 is 1.21 bits per heavy atom. The second-order valence-electron chi connectivity index (χ2n) is 9.23. The predicted molar refractivity (Wildman–Crippen MR) is 136 cm³/mol. The van der Waals surface area contributed by atoms with Gasteiger partial charge in [-0.15, -0.1) is 11.8 Å². The minimum atomic E-state index is -0.583. The minimum absolute atomic E-state index is 0.129. The largest absolute Gasteiger partial charge is 0.322 e. The quantitative estimate of drug-likeness (QED) is 0.328. The molecule has 1 atom stereocenters. The summed E-state index contributed by atoms with van der Waals surface area (Å²) in [4.78, 5) is 42.0. The number of likely N-dealkylation sites (tertiary alicyclic amines) is 1. The maximum Gasteiger partial charge on any atom is 0.255 e. The van der Waals surface area contributed by atoms with E-state index in [0.29, 0.717) is 18.5 Å². The molecular formula is C27H33N3O3S. The molecule has 0 spiro atoms. The lowest BCUT2D eigenvalue weighted by Gasteiger charge is -2.29. The molecule has 3 amide bonds. The molecule has 0 saturated carbocycles. The molecule has 3 aliphatic heterocycles. The highest BCUT2D eigenvalue weighted by Gasteiger charge is 2.39. The molecule has 0 bridgehead atoms. The molecule has 0 radical (unpaired) electrons. The number of carbonyl (C=O) groups excluding carboxylic acids is 3. The normalized spacial score (nSPS) is 21.7. The number of allylic oxidation sites excluding steroid dienone is 3. The zero-order chi connectivity index (χ0) is 24.1. The van der Waals surface area contributed by atoms with Crippen molar-refractivity contribution in [2.24, 2.45) is 0 Å². The second kappa shape index (κ2) is 11.2. The van der Waals surface area contributed by atoms with Gasteiger partial charge in [0.2, 0.25) is 11.8 Å². The molecule has 2 fully saturated rings. The van der Waals surface area contributed by atoms with Crippen LogP contribution in [-0.2, 0) is 16.1 Å². The first kappa shape index (κ1) is 24.5. The van der Waals surface area contributed by atoms with Crippen molar-refractivity contribution in [3.63, 3.8) is 0 Å². The van der Waals surface area contributed by atoms with E-state index >= 15 is 0 Å². The molecule has 34 heavy (non-hydrogen) atoms. The van der Waals surface area contributed by atoms with E-state index in [4.69, 9.17) is 0 Å². The van der Waals surface area contributed by atoms with Crippen LogP contribution in [0.4, 0.5) is 0 Å². The summed E-state index contributed by atoms with van der Waals surface area (Å²) < 4.78 is 0. The number of hydrogen-bond donors (Lipinski definition) is 1. The Kier molecular flexibility index (Phi) is 8.06. The topological polar surface area (TPSA) is 69.7 Å². The molecular weight excluding hydrogens is 446 g/mol. The second-order valence-corrected chi connectivity index (χ2v) is 10.2. The number of hydrogen-bond acceptors (Lipinski definition) is 5. The zero-order valence-corrected chi connectivity index (χ0v) is 20.7. The van der Waals surface area contributed by atoms with Crippen LogP contribution < -0.4 is 5.32 Å². The van der Waals surface area contributed by atoms with Crippen molar-refractivity contribution in [2.75, 3.05) is 25.4 Å². The summed E-state index contributed by atoms with van der Waals surface area (Å²) in [5.41, 5.74) is 4.13. The van der Waals surface area contributed by atoms with Crippen LogP contribution in [0, 0.1) is 0 Å². The average Bonchev–Trinajstić information content (AvgIpc) is 3.46. The fourth-order valence-corrected chi connectivity index (χ4v) is 5.73. The van der Waals surface area contributed by atoms with Crippen LogP contribution in [-0.4, -0.2) is 59.0 Å². The zero-order valence-electron chi connectivity index (χ0n) is 19.8. The lowest BCUT2D eigenvalue weighted by Crippen LogP contribution is -2.52. The summed E-state index contributed by atoms with van der Waals surface area (Å²) in [5.74, 6) is 0.0418. The van der Waals surface area contributed by atoms with Gasteiger partial charge in [-0.2, -0.15) is 0 Å². The number of nitrogens with zero attached hydrogens (tertiary/aromatic N) is 2. The number of piperidine rings is 1. The summed E-state index contributed by atoms with van der Waals surface area (Å²) in [6, 6.07) is 5.19. The van der Waals surface area contributed by atoms with Crippen molar-refractivity contribution in [1.82, 2.24) is 15.1 Å². The Bertz CT molecular complexity index is 1040. The highest BCUT2D eigenvalue weighted by molar-refractivity contribution is 7.99. The molecule has 0 aliphatic carbocycles. The van der Waals surface area contributed by atoms with Crippen LogP contribution in [0.25, 0.3) is 0 Å². The minimum Gasteiger partial charge on any atom is -0.322 e. The van der Waals surface area contributed by atoms with E-state index in [-0.39, 0.29) is 24.1 Å². The van der Waals surface area contributed by atoms with E-state index in [9.17, 15) is 14.4 Å².